The first-order valence-electron chi connectivity index (χ1n) is 10.9. The molecule has 3 rings (SSSR count). The molecule has 1 aliphatic rings. The number of halogens is 1. The highest BCUT2D eigenvalue weighted by atomic mass is 35.5. The van der Waals surface area contributed by atoms with Crippen LogP contribution in [0.15, 0.2) is 29.2 Å². The molecule has 10 heteroatoms. The number of nitrogens with one attached hydrogen (secondary N) is 1. The lowest BCUT2D eigenvalue weighted by Crippen LogP contribution is -2.45. The van der Waals surface area contributed by atoms with Crippen LogP contribution in [0, 0.1) is 19.8 Å². The SMILES string of the molecule is CCOC(=O)c1c(S(=O)(=O)N2CCC[C@H](C(=O)NCc3ccccc3Cl)C2)c(C)n(C)c1C. The number of piperidine rings is 1. The lowest BCUT2D eigenvalue weighted by atomic mass is 9.99. The van der Waals surface area contributed by atoms with E-state index in [1.54, 1.807) is 38.5 Å². The molecule has 180 valence electrons. The third kappa shape index (κ3) is 5.10. The number of carbonyl (C=O) groups excluding carboxylic acids is 2. The highest BCUT2D eigenvalue weighted by molar-refractivity contribution is 7.89. The average molecular weight is 496 g/mol. The van der Waals surface area contributed by atoms with E-state index in [0.717, 1.165) is 5.56 Å². The van der Waals surface area contributed by atoms with Crippen LogP contribution >= 0.6 is 11.6 Å². The van der Waals surface area contributed by atoms with Crippen LogP contribution in [0.25, 0.3) is 0 Å². The first-order valence-corrected chi connectivity index (χ1v) is 12.8. The predicted molar refractivity (Wildman–Crippen MR) is 126 cm³/mol. The zero-order valence-corrected chi connectivity index (χ0v) is 20.9. The molecular weight excluding hydrogens is 466 g/mol. The van der Waals surface area contributed by atoms with Gasteiger partial charge in [0.15, 0.2) is 0 Å². The van der Waals surface area contributed by atoms with E-state index in [9.17, 15) is 18.0 Å². The predicted octanol–water partition coefficient (Wildman–Crippen LogP) is 3.19. The summed E-state index contributed by atoms with van der Waals surface area (Å²) < 4.78 is 35.4. The first kappa shape index (κ1) is 25.3. The summed E-state index contributed by atoms with van der Waals surface area (Å²) in [6.45, 7) is 5.78. The van der Waals surface area contributed by atoms with Gasteiger partial charge in [0.05, 0.1) is 12.5 Å². The van der Waals surface area contributed by atoms with Crippen molar-refractivity contribution < 1.29 is 22.7 Å². The van der Waals surface area contributed by atoms with E-state index in [0.29, 0.717) is 29.3 Å². The molecule has 33 heavy (non-hydrogen) atoms. The highest BCUT2D eigenvalue weighted by Crippen LogP contribution is 2.32. The Morgan fingerprint density at radius 1 is 1.21 bits per heavy atom. The Balaban J connectivity index is 1.82. The van der Waals surface area contributed by atoms with Gasteiger partial charge in [-0.2, -0.15) is 4.31 Å². The monoisotopic (exact) mass is 495 g/mol. The molecule has 1 aromatic carbocycles. The Morgan fingerprint density at radius 3 is 2.58 bits per heavy atom. The largest absolute Gasteiger partial charge is 0.462 e. The van der Waals surface area contributed by atoms with Crippen molar-refractivity contribution in [2.75, 3.05) is 19.7 Å². The number of benzene rings is 1. The van der Waals surface area contributed by atoms with Gasteiger partial charge in [0.25, 0.3) is 0 Å². The minimum absolute atomic E-state index is 0.0434. The van der Waals surface area contributed by atoms with Gasteiger partial charge < -0.3 is 14.6 Å². The fourth-order valence-electron chi connectivity index (χ4n) is 4.15. The molecule has 8 nitrogen and oxygen atoms in total. The number of esters is 1. The van der Waals surface area contributed by atoms with Crippen LogP contribution in [-0.2, 0) is 33.1 Å². The Kier molecular flexibility index (Phi) is 7.87. The summed E-state index contributed by atoms with van der Waals surface area (Å²) in [4.78, 5) is 25.4. The van der Waals surface area contributed by atoms with Crippen molar-refractivity contribution in [3.63, 3.8) is 0 Å². The molecule has 0 radical (unpaired) electrons. The Morgan fingerprint density at radius 2 is 1.91 bits per heavy atom. The molecule has 2 heterocycles. The second kappa shape index (κ2) is 10.3. The summed E-state index contributed by atoms with van der Waals surface area (Å²) in [7, 11) is -2.30. The minimum atomic E-state index is -4.02. The van der Waals surface area contributed by atoms with Crippen molar-refractivity contribution in [3.8, 4) is 0 Å². The summed E-state index contributed by atoms with van der Waals surface area (Å²) in [5, 5.41) is 3.43. The number of nitrogens with zero attached hydrogens (tertiary/aromatic N) is 2. The molecule has 1 atom stereocenters. The molecule has 1 aliphatic heterocycles. The van der Waals surface area contributed by atoms with Crippen LogP contribution in [0.1, 0.15) is 47.1 Å². The number of hydrogen-bond acceptors (Lipinski definition) is 5. The quantitative estimate of drug-likeness (QED) is 0.595. The maximum absolute atomic E-state index is 13.7. The second-order valence-electron chi connectivity index (χ2n) is 8.17. The van der Waals surface area contributed by atoms with Gasteiger partial charge >= 0.3 is 5.97 Å². The third-order valence-electron chi connectivity index (χ3n) is 6.17. The van der Waals surface area contributed by atoms with Crippen LogP contribution in [-0.4, -0.2) is 48.9 Å². The van der Waals surface area contributed by atoms with Crippen molar-refractivity contribution in [1.29, 1.82) is 0 Å². The van der Waals surface area contributed by atoms with Crippen LogP contribution in [0.3, 0.4) is 0 Å². The average Bonchev–Trinajstić information content (AvgIpc) is 3.03. The summed E-state index contributed by atoms with van der Waals surface area (Å²) in [6, 6.07) is 7.24. The van der Waals surface area contributed by atoms with Gasteiger partial charge in [-0.3, -0.25) is 4.79 Å². The maximum atomic E-state index is 13.7. The number of aromatic nitrogens is 1. The molecule has 0 bridgehead atoms. The van der Waals surface area contributed by atoms with Crippen LogP contribution < -0.4 is 5.32 Å². The summed E-state index contributed by atoms with van der Waals surface area (Å²) >= 11 is 6.16. The number of ether oxygens (including phenoxy) is 1. The summed E-state index contributed by atoms with van der Waals surface area (Å²) in [6.07, 6.45) is 1.13. The smallest absolute Gasteiger partial charge is 0.341 e. The van der Waals surface area contributed by atoms with Crippen molar-refractivity contribution in [1.82, 2.24) is 14.2 Å². The van der Waals surface area contributed by atoms with Gasteiger partial charge in [0, 0.05) is 43.1 Å². The van der Waals surface area contributed by atoms with E-state index in [1.165, 1.54) is 4.31 Å². The molecule has 1 saturated heterocycles. The van der Waals surface area contributed by atoms with Gasteiger partial charge in [-0.25, -0.2) is 13.2 Å². The Labute approximate surface area is 199 Å². The normalized spacial score (nSPS) is 17.1. The van der Waals surface area contributed by atoms with E-state index in [4.69, 9.17) is 16.3 Å². The van der Waals surface area contributed by atoms with Crippen molar-refractivity contribution >= 4 is 33.5 Å². The Bertz CT molecular complexity index is 1160. The van der Waals surface area contributed by atoms with Gasteiger partial charge in [-0.15, -0.1) is 0 Å². The molecular formula is C23H30ClN3O5S. The van der Waals surface area contributed by atoms with Gasteiger partial charge in [0.1, 0.15) is 10.5 Å². The molecule has 1 aromatic heterocycles. The van der Waals surface area contributed by atoms with Gasteiger partial charge in [-0.05, 0) is 45.2 Å². The van der Waals surface area contributed by atoms with Crippen molar-refractivity contribution in [2.24, 2.45) is 13.0 Å². The number of rotatable bonds is 7. The van der Waals surface area contributed by atoms with Gasteiger partial charge in [-0.1, -0.05) is 29.8 Å². The number of sulfonamides is 1. The number of amides is 1. The van der Waals surface area contributed by atoms with E-state index in [-0.39, 0.29) is 42.6 Å². The molecule has 0 aliphatic carbocycles. The summed E-state index contributed by atoms with van der Waals surface area (Å²) in [5.74, 6) is -1.38. The zero-order chi connectivity index (χ0) is 24.3. The number of carbonyl (C=O) groups is 2. The minimum Gasteiger partial charge on any atom is -0.462 e. The number of hydrogen-bond donors (Lipinski definition) is 1. The topological polar surface area (TPSA) is 97.7 Å². The fourth-order valence-corrected chi connectivity index (χ4v) is 6.35. The van der Waals surface area contributed by atoms with Crippen LogP contribution in [0.4, 0.5) is 0 Å². The molecule has 0 spiro atoms. The van der Waals surface area contributed by atoms with E-state index in [1.807, 2.05) is 18.2 Å². The molecule has 1 fully saturated rings. The molecule has 1 amide bonds. The molecule has 0 unspecified atom stereocenters. The van der Waals surface area contributed by atoms with E-state index < -0.39 is 21.9 Å². The second-order valence-corrected chi connectivity index (χ2v) is 10.4. The maximum Gasteiger partial charge on any atom is 0.341 e. The lowest BCUT2D eigenvalue weighted by molar-refractivity contribution is -0.126. The van der Waals surface area contributed by atoms with Crippen LogP contribution in [0.5, 0.6) is 0 Å². The molecule has 1 N–H and O–H groups in total. The van der Waals surface area contributed by atoms with Crippen molar-refractivity contribution in [2.45, 2.75) is 45.1 Å². The molecule has 0 saturated carbocycles. The van der Waals surface area contributed by atoms with Gasteiger partial charge in [0.2, 0.25) is 15.9 Å². The first-order chi connectivity index (χ1) is 15.6. The third-order valence-corrected chi connectivity index (χ3v) is 8.56. The zero-order valence-electron chi connectivity index (χ0n) is 19.4. The van der Waals surface area contributed by atoms with E-state index >= 15 is 0 Å². The van der Waals surface area contributed by atoms with Crippen LogP contribution in [0.2, 0.25) is 5.02 Å². The fraction of sp³-hybridized carbons (Fsp3) is 0.478. The highest BCUT2D eigenvalue weighted by Gasteiger charge is 2.39. The Hall–Kier alpha value is -2.36. The van der Waals surface area contributed by atoms with E-state index in [2.05, 4.69) is 5.32 Å². The van der Waals surface area contributed by atoms with Crippen molar-refractivity contribution in [3.05, 3.63) is 51.8 Å². The lowest BCUT2D eigenvalue weighted by Gasteiger charge is -2.31. The summed E-state index contributed by atoms with van der Waals surface area (Å²) in [5.41, 5.74) is 1.83. The molecule has 2 aromatic rings. The standard InChI is InChI=1S/C23H30ClN3O5S/c1-5-32-23(29)20-15(2)26(4)16(3)21(20)33(30,31)27-12-8-10-18(14-27)22(28)25-13-17-9-6-7-11-19(17)24/h6-7,9,11,18H,5,8,10,12-14H2,1-4H3,(H,25,28)/t18-/m0/s1.